The minimum atomic E-state index is -0.920. The van der Waals surface area contributed by atoms with Crippen molar-refractivity contribution < 1.29 is 14.7 Å². The molecule has 4 rings (SSSR count). The fraction of sp³-hybridized carbons (Fsp3) is 0.273. The molecule has 160 valence electrons. The van der Waals surface area contributed by atoms with Gasteiger partial charge in [0.05, 0.1) is 34.7 Å². The summed E-state index contributed by atoms with van der Waals surface area (Å²) in [6, 6.07) is 9.50. The van der Waals surface area contributed by atoms with Gasteiger partial charge in [-0.1, -0.05) is 15.9 Å². The number of anilines is 3. The van der Waals surface area contributed by atoms with Crippen molar-refractivity contribution in [3.8, 4) is 0 Å². The number of hydrogen-bond donors (Lipinski definition) is 2. The molecule has 9 heteroatoms. The highest BCUT2D eigenvalue weighted by Gasteiger charge is 2.28. The Morgan fingerprint density at radius 3 is 2.71 bits per heavy atom. The van der Waals surface area contributed by atoms with E-state index in [4.69, 9.17) is 0 Å². The third-order valence-electron chi connectivity index (χ3n) is 5.56. The Morgan fingerprint density at radius 1 is 1.23 bits per heavy atom. The van der Waals surface area contributed by atoms with Crippen LogP contribution in [0.3, 0.4) is 0 Å². The van der Waals surface area contributed by atoms with Gasteiger partial charge in [0.15, 0.2) is 5.78 Å². The Bertz CT molecular complexity index is 1150. The third-order valence-corrected chi connectivity index (χ3v) is 6.06. The van der Waals surface area contributed by atoms with Crippen molar-refractivity contribution in [2.45, 2.75) is 19.4 Å². The highest BCUT2D eigenvalue weighted by molar-refractivity contribution is 9.10. The van der Waals surface area contributed by atoms with Gasteiger partial charge >= 0.3 is 6.09 Å². The van der Waals surface area contributed by atoms with Gasteiger partial charge in [0.25, 0.3) is 0 Å². The highest BCUT2D eigenvalue weighted by Crippen LogP contribution is 2.32. The summed E-state index contributed by atoms with van der Waals surface area (Å²) >= 11 is 3.49. The molecule has 2 aromatic heterocycles. The van der Waals surface area contributed by atoms with Crippen LogP contribution in [-0.4, -0.2) is 58.0 Å². The Morgan fingerprint density at radius 2 is 2.03 bits per heavy atom. The van der Waals surface area contributed by atoms with E-state index in [1.54, 1.807) is 19.4 Å². The second-order valence-corrected chi connectivity index (χ2v) is 8.49. The van der Waals surface area contributed by atoms with Gasteiger partial charge in [-0.2, -0.15) is 0 Å². The molecule has 0 saturated carbocycles. The SMILES string of the molecule is CC(=O)c1cnc2ccc(Br)cc2c1Nc1ccc(N2CCC(N(C)C(=O)O)C2)nc1. The van der Waals surface area contributed by atoms with Crippen LogP contribution in [0, 0.1) is 0 Å². The number of hydrogen-bond acceptors (Lipinski definition) is 6. The molecule has 8 nitrogen and oxygen atoms in total. The smallest absolute Gasteiger partial charge is 0.407 e. The topological polar surface area (TPSA) is 98.7 Å². The fourth-order valence-corrected chi connectivity index (χ4v) is 4.14. The minimum absolute atomic E-state index is 0.0446. The number of benzene rings is 1. The Hall–Kier alpha value is -3.20. The number of Topliss-reactive ketones (excluding diaryl/α,β-unsaturated/α-hetero) is 1. The molecule has 0 radical (unpaired) electrons. The van der Waals surface area contributed by atoms with Crippen molar-refractivity contribution in [3.63, 3.8) is 0 Å². The summed E-state index contributed by atoms with van der Waals surface area (Å²) in [4.78, 5) is 35.8. The Labute approximate surface area is 188 Å². The summed E-state index contributed by atoms with van der Waals surface area (Å²) in [6.45, 7) is 2.88. The van der Waals surface area contributed by atoms with E-state index in [-0.39, 0.29) is 11.8 Å². The standard InChI is InChI=1S/C22H22BrN5O3/c1-13(29)18-11-24-19-5-3-14(23)9-17(19)21(18)26-15-4-6-20(25-10-15)28-8-7-16(12-28)27(2)22(30)31/h3-6,9-11,16H,7-8,12H2,1-2H3,(H,24,26)(H,30,31). The molecule has 3 aromatic rings. The number of rotatable bonds is 5. The molecule has 1 aliphatic rings. The molecule has 31 heavy (non-hydrogen) atoms. The fourth-order valence-electron chi connectivity index (χ4n) is 3.78. The molecule has 1 amide bonds. The number of aromatic nitrogens is 2. The van der Waals surface area contributed by atoms with Crippen LogP contribution >= 0.6 is 15.9 Å². The lowest BCUT2D eigenvalue weighted by atomic mass is 10.1. The lowest BCUT2D eigenvalue weighted by Crippen LogP contribution is -2.38. The zero-order valence-electron chi connectivity index (χ0n) is 17.2. The molecule has 0 spiro atoms. The van der Waals surface area contributed by atoms with Crippen LogP contribution in [0.1, 0.15) is 23.7 Å². The molecule has 0 bridgehead atoms. The van der Waals surface area contributed by atoms with Crippen LogP contribution in [0.4, 0.5) is 22.0 Å². The number of carbonyl (C=O) groups is 2. The predicted octanol–water partition coefficient (Wildman–Crippen LogP) is 4.53. The van der Waals surface area contributed by atoms with Crippen LogP contribution in [0.5, 0.6) is 0 Å². The summed E-state index contributed by atoms with van der Waals surface area (Å²) in [7, 11) is 1.60. The monoisotopic (exact) mass is 483 g/mol. The maximum absolute atomic E-state index is 12.2. The van der Waals surface area contributed by atoms with E-state index in [0.717, 1.165) is 39.8 Å². The van der Waals surface area contributed by atoms with E-state index < -0.39 is 6.09 Å². The van der Waals surface area contributed by atoms with Gasteiger partial charge in [0.2, 0.25) is 0 Å². The lowest BCUT2D eigenvalue weighted by molar-refractivity contribution is 0.101. The zero-order chi connectivity index (χ0) is 22.1. The van der Waals surface area contributed by atoms with Crippen molar-refractivity contribution in [2.75, 3.05) is 30.4 Å². The normalized spacial score (nSPS) is 15.8. The molecule has 1 saturated heterocycles. The van der Waals surface area contributed by atoms with E-state index in [9.17, 15) is 14.7 Å². The summed E-state index contributed by atoms with van der Waals surface area (Å²) in [6.07, 6.45) is 3.16. The van der Waals surface area contributed by atoms with Gasteiger partial charge in [-0.15, -0.1) is 0 Å². The van der Waals surface area contributed by atoms with Gasteiger partial charge < -0.3 is 20.2 Å². The summed E-state index contributed by atoms with van der Waals surface area (Å²) in [5, 5.41) is 13.4. The molecule has 1 aliphatic heterocycles. The minimum Gasteiger partial charge on any atom is -0.465 e. The first kappa shape index (κ1) is 21.0. The van der Waals surface area contributed by atoms with Crippen LogP contribution < -0.4 is 10.2 Å². The number of carbonyl (C=O) groups excluding carboxylic acids is 1. The number of amides is 1. The van der Waals surface area contributed by atoms with Gasteiger partial charge in [0.1, 0.15) is 5.82 Å². The van der Waals surface area contributed by atoms with E-state index in [1.165, 1.54) is 11.8 Å². The van der Waals surface area contributed by atoms with Crippen LogP contribution in [0.25, 0.3) is 10.9 Å². The van der Waals surface area contributed by atoms with Crippen LogP contribution in [0.15, 0.2) is 47.2 Å². The number of fused-ring (bicyclic) bond motifs is 1. The van der Waals surface area contributed by atoms with Crippen molar-refractivity contribution in [1.29, 1.82) is 0 Å². The average molecular weight is 484 g/mol. The average Bonchev–Trinajstić information content (AvgIpc) is 3.24. The van der Waals surface area contributed by atoms with Crippen molar-refractivity contribution in [1.82, 2.24) is 14.9 Å². The first-order valence-corrected chi connectivity index (χ1v) is 10.7. The van der Waals surface area contributed by atoms with E-state index >= 15 is 0 Å². The molecular formula is C22H22BrN5O3. The van der Waals surface area contributed by atoms with Crippen LogP contribution in [0.2, 0.25) is 0 Å². The molecule has 1 atom stereocenters. The predicted molar refractivity (Wildman–Crippen MR) is 123 cm³/mol. The summed E-state index contributed by atoms with van der Waals surface area (Å²) in [5.74, 6) is 0.716. The molecule has 1 aromatic carbocycles. The van der Waals surface area contributed by atoms with Crippen molar-refractivity contribution >= 4 is 55.9 Å². The van der Waals surface area contributed by atoms with E-state index in [1.807, 2.05) is 30.3 Å². The third kappa shape index (κ3) is 4.32. The number of halogens is 1. The molecule has 1 unspecified atom stereocenters. The number of carboxylic acid groups (broad SMARTS) is 1. The second-order valence-electron chi connectivity index (χ2n) is 7.58. The number of pyridine rings is 2. The second kappa shape index (κ2) is 8.50. The number of nitrogens with zero attached hydrogens (tertiary/aromatic N) is 4. The molecule has 0 aliphatic carbocycles. The maximum atomic E-state index is 12.2. The molecule has 2 N–H and O–H groups in total. The molecule has 1 fully saturated rings. The molecular weight excluding hydrogens is 462 g/mol. The Kier molecular flexibility index (Phi) is 5.77. The summed E-state index contributed by atoms with van der Waals surface area (Å²) < 4.78 is 0.897. The van der Waals surface area contributed by atoms with Crippen molar-refractivity contribution in [2.24, 2.45) is 0 Å². The first-order valence-electron chi connectivity index (χ1n) is 9.86. The number of nitrogens with one attached hydrogen (secondary N) is 1. The zero-order valence-corrected chi connectivity index (χ0v) is 18.8. The largest absolute Gasteiger partial charge is 0.465 e. The van der Waals surface area contributed by atoms with E-state index in [0.29, 0.717) is 17.8 Å². The lowest BCUT2D eigenvalue weighted by Gasteiger charge is -2.22. The Balaban J connectivity index is 1.58. The van der Waals surface area contributed by atoms with Gasteiger partial charge in [-0.3, -0.25) is 9.78 Å². The van der Waals surface area contributed by atoms with Gasteiger partial charge in [0, 0.05) is 36.2 Å². The molecule has 3 heterocycles. The van der Waals surface area contributed by atoms with Crippen LogP contribution in [-0.2, 0) is 0 Å². The van der Waals surface area contributed by atoms with Gasteiger partial charge in [-0.05, 0) is 43.7 Å². The van der Waals surface area contributed by atoms with Gasteiger partial charge in [-0.25, -0.2) is 9.78 Å². The number of likely N-dealkylation sites (N-methyl/N-ethyl adjacent to an activating group) is 1. The quantitative estimate of drug-likeness (QED) is 0.514. The highest BCUT2D eigenvalue weighted by atomic mass is 79.9. The maximum Gasteiger partial charge on any atom is 0.407 e. The first-order chi connectivity index (χ1) is 14.8. The number of ketones is 1. The van der Waals surface area contributed by atoms with Crippen molar-refractivity contribution in [3.05, 3.63) is 52.8 Å². The summed E-state index contributed by atoms with van der Waals surface area (Å²) in [5.41, 5.74) is 2.73. The van der Waals surface area contributed by atoms with E-state index in [2.05, 4.69) is 36.1 Å².